The summed E-state index contributed by atoms with van der Waals surface area (Å²) < 4.78 is 9.64. The van der Waals surface area contributed by atoms with Crippen molar-refractivity contribution in [1.82, 2.24) is 0 Å². The van der Waals surface area contributed by atoms with Crippen molar-refractivity contribution >= 4 is 5.97 Å². The van der Waals surface area contributed by atoms with Crippen molar-refractivity contribution in [1.29, 1.82) is 0 Å². The Hall–Kier alpha value is -0.570. The molecule has 0 aliphatic heterocycles. The maximum absolute atomic E-state index is 11.0. The maximum Gasteiger partial charge on any atom is 0.306 e. The van der Waals surface area contributed by atoms with E-state index >= 15 is 0 Å². The molecule has 0 aromatic heterocycles. The van der Waals surface area contributed by atoms with Gasteiger partial charge in [0.05, 0.1) is 6.61 Å². The van der Waals surface area contributed by atoms with Crippen molar-refractivity contribution in [3.63, 3.8) is 0 Å². The van der Waals surface area contributed by atoms with Crippen LogP contribution in [-0.4, -0.2) is 26.3 Å². The van der Waals surface area contributed by atoms with Crippen LogP contribution in [0.1, 0.15) is 26.7 Å². The van der Waals surface area contributed by atoms with Gasteiger partial charge in [-0.2, -0.15) is 0 Å². The van der Waals surface area contributed by atoms with Crippen LogP contribution in [0, 0.1) is 5.92 Å². The predicted molar refractivity (Wildman–Crippen MR) is 46.9 cm³/mol. The van der Waals surface area contributed by atoms with Gasteiger partial charge >= 0.3 is 5.97 Å². The van der Waals surface area contributed by atoms with Crippen LogP contribution in [0.4, 0.5) is 0 Å². The lowest BCUT2D eigenvalue weighted by atomic mass is 10.1. The zero-order valence-electron chi connectivity index (χ0n) is 8.13. The van der Waals surface area contributed by atoms with E-state index in [0.29, 0.717) is 25.6 Å². The molecule has 72 valence electrons. The summed E-state index contributed by atoms with van der Waals surface area (Å²) in [5.41, 5.74) is 0. The van der Waals surface area contributed by atoms with E-state index in [-0.39, 0.29) is 5.97 Å². The van der Waals surface area contributed by atoms with Crippen LogP contribution < -0.4 is 0 Å². The highest BCUT2D eigenvalue weighted by Crippen LogP contribution is 2.06. The van der Waals surface area contributed by atoms with E-state index in [1.807, 2.05) is 6.92 Å². The van der Waals surface area contributed by atoms with Crippen LogP contribution in [0.15, 0.2) is 0 Å². The zero-order chi connectivity index (χ0) is 9.40. The summed E-state index contributed by atoms with van der Waals surface area (Å²) in [4.78, 5) is 11.0. The molecule has 0 aromatic carbocycles. The highest BCUT2D eigenvalue weighted by atomic mass is 16.6. The summed E-state index contributed by atoms with van der Waals surface area (Å²) in [6.45, 7) is 4.95. The summed E-state index contributed by atoms with van der Waals surface area (Å²) in [7, 11) is 1.59. The number of methoxy groups -OCH3 is 1. The standard InChI is InChI=1S/C9H18O3/c1-4-8(2)7-9(10)12-6-5-11-3/h8H,4-7H2,1-3H3. The Labute approximate surface area is 74.0 Å². The smallest absolute Gasteiger partial charge is 0.306 e. The minimum absolute atomic E-state index is 0.124. The van der Waals surface area contributed by atoms with E-state index in [0.717, 1.165) is 6.42 Å². The fraction of sp³-hybridized carbons (Fsp3) is 0.889. The summed E-state index contributed by atoms with van der Waals surface area (Å²) in [6, 6.07) is 0. The molecule has 0 amide bonds. The van der Waals surface area contributed by atoms with Gasteiger partial charge in [0.1, 0.15) is 6.61 Å². The number of hydrogen-bond donors (Lipinski definition) is 0. The molecule has 3 heteroatoms. The largest absolute Gasteiger partial charge is 0.463 e. The molecule has 0 aliphatic carbocycles. The highest BCUT2D eigenvalue weighted by Gasteiger charge is 2.07. The lowest BCUT2D eigenvalue weighted by molar-refractivity contribution is -0.145. The van der Waals surface area contributed by atoms with Crippen molar-refractivity contribution in [2.24, 2.45) is 5.92 Å². The molecular weight excluding hydrogens is 156 g/mol. The van der Waals surface area contributed by atoms with Crippen LogP contribution in [0.2, 0.25) is 0 Å². The van der Waals surface area contributed by atoms with Gasteiger partial charge in [0.25, 0.3) is 0 Å². The van der Waals surface area contributed by atoms with Crippen molar-refractivity contribution in [3.05, 3.63) is 0 Å². The van der Waals surface area contributed by atoms with Crippen molar-refractivity contribution in [3.8, 4) is 0 Å². The second-order valence-corrected chi connectivity index (χ2v) is 2.93. The van der Waals surface area contributed by atoms with Gasteiger partial charge in [0.15, 0.2) is 0 Å². The van der Waals surface area contributed by atoms with E-state index in [1.54, 1.807) is 7.11 Å². The predicted octanol–water partition coefficient (Wildman–Crippen LogP) is 1.61. The Morgan fingerprint density at radius 3 is 2.58 bits per heavy atom. The van der Waals surface area contributed by atoms with E-state index in [2.05, 4.69) is 6.92 Å². The first-order valence-electron chi connectivity index (χ1n) is 4.35. The number of rotatable bonds is 6. The third-order valence-electron chi connectivity index (χ3n) is 1.76. The van der Waals surface area contributed by atoms with E-state index in [4.69, 9.17) is 9.47 Å². The molecule has 0 N–H and O–H groups in total. The van der Waals surface area contributed by atoms with Gasteiger partial charge < -0.3 is 9.47 Å². The molecule has 0 saturated carbocycles. The first-order valence-corrected chi connectivity index (χ1v) is 4.35. The van der Waals surface area contributed by atoms with E-state index < -0.39 is 0 Å². The van der Waals surface area contributed by atoms with Gasteiger partial charge in [0.2, 0.25) is 0 Å². The highest BCUT2D eigenvalue weighted by molar-refractivity contribution is 5.69. The van der Waals surface area contributed by atoms with Crippen LogP contribution >= 0.6 is 0 Å². The Bertz CT molecular complexity index is 123. The van der Waals surface area contributed by atoms with Crippen molar-refractivity contribution in [2.45, 2.75) is 26.7 Å². The topological polar surface area (TPSA) is 35.5 Å². The molecule has 1 unspecified atom stereocenters. The number of esters is 1. The third-order valence-corrected chi connectivity index (χ3v) is 1.76. The molecule has 1 atom stereocenters. The number of carbonyl (C=O) groups is 1. The number of carbonyl (C=O) groups excluding carboxylic acids is 1. The monoisotopic (exact) mass is 174 g/mol. The van der Waals surface area contributed by atoms with E-state index in [9.17, 15) is 4.79 Å². The van der Waals surface area contributed by atoms with Crippen LogP contribution in [0.25, 0.3) is 0 Å². The van der Waals surface area contributed by atoms with Gasteiger partial charge in [-0.05, 0) is 5.92 Å². The molecular formula is C9H18O3. The molecule has 0 rings (SSSR count). The van der Waals surface area contributed by atoms with Gasteiger partial charge in [0, 0.05) is 13.5 Å². The fourth-order valence-electron chi connectivity index (χ4n) is 0.727. The lowest BCUT2D eigenvalue weighted by Gasteiger charge is -2.07. The molecule has 0 aromatic rings. The summed E-state index contributed by atoms with van der Waals surface area (Å²) in [5, 5.41) is 0. The molecule has 0 saturated heterocycles. The normalized spacial score (nSPS) is 12.6. The Balaban J connectivity index is 3.33. The lowest BCUT2D eigenvalue weighted by Crippen LogP contribution is -2.12. The fourth-order valence-corrected chi connectivity index (χ4v) is 0.727. The van der Waals surface area contributed by atoms with Crippen molar-refractivity contribution in [2.75, 3.05) is 20.3 Å². The Kier molecular flexibility index (Phi) is 6.76. The average Bonchev–Trinajstić information content (AvgIpc) is 2.05. The van der Waals surface area contributed by atoms with Gasteiger partial charge in [-0.1, -0.05) is 20.3 Å². The second-order valence-electron chi connectivity index (χ2n) is 2.93. The summed E-state index contributed by atoms with van der Waals surface area (Å²) in [5.74, 6) is 0.293. The second kappa shape index (κ2) is 7.10. The van der Waals surface area contributed by atoms with Gasteiger partial charge in [-0.3, -0.25) is 4.79 Å². The number of ether oxygens (including phenoxy) is 2. The third kappa shape index (κ3) is 6.16. The maximum atomic E-state index is 11.0. The van der Waals surface area contributed by atoms with Gasteiger partial charge in [-0.15, -0.1) is 0 Å². The molecule has 12 heavy (non-hydrogen) atoms. The summed E-state index contributed by atoms with van der Waals surface area (Å²) >= 11 is 0. The van der Waals surface area contributed by atoms with Crippen molar-refractivity contribution < 1.29 is 14.3 Å². The zero-order valence-corrected chi connectivity index (χ0v) is 8.13. The van der Waals surface area contributed by atoms with E-state index in [1.165, 1.54) is 0 Å². The average molecular weight is 174 g/mol. The molecule has 0 heterocycles. The minimum atomic E-state index is -0.124. The molecule has 0 bridgehead atoms. The van der Waals surface area contributed by atoms with Crippen LogP contribution in [-0.2, 0) is 14.3 Å². The number of hydrogen-bond acceptors (Lipinski definition) is 3. The molecule has 0 radical (unpaired) electrons. The molecule has 0 fully saturated rings. The minimum Gasteiger partial charge on any atom is -0.463 e. The van der Waals surface area contributed by atoms with Crippen LogP contribution in [0.5, 0.6) is 0 Å². The first kappa shape index (κ1) is 11.4. The van der Waals surface area contributed by atoms with Gasteiger partial charge in [-0.25, -0.2) is 0 Å². The molecule has 0 aliphatic rings. The first-order chi connectivity index (χ1) is 5.70. The Morgan fingerprint density at radius 1 is 1.42 bits per heavy atom. The molecule has 0 spiro atoms. The van der Waals surface area contributed by atoms with Crippen LogP contribution in [0.3, 0.4) is 0 Å². The molecule has 3 nitrogen and oxygen atoms in total. The Morgan fingerprint density at radius 2 is 2.08 bits per heavy atom. The summed E-state index contributed by atoms with van der Waals surface area (Å²) in [6.07, 6.45) is 1.53. The quantitative estimate of drug-likeness (QED) is 0.453. The SMILES string of the molecule is CCC(C)CC(=O)OCCOC.